The van der Waals surface area contributed by atoms with Crippen LogP contribution in [0.15, 0.2) is 72.9 Å². The van der Waals surface area contributed by atoms with Crippen molar-refractivity contribution in [2.45, 2.75) is 38.1 Å². The first kappa shape index (κ1) is 26.4. The fraction of sp³-hybridized carbons (Fsp3) is 0.333. The molecule has 3 aromatic rings. The van der Waals surface area contributed by atoms with Crippen molar-refractivity contribution in [1.29, 1.82) is 0 Å². The molecule has 0 saturated carbocycles. The Kier molecular flexibility index (Phi) is 7.60. The third kappa shape index (κ3) is 5.49. The Balaban J connectivity index is 1.34. The van der Waals surface area contributed by atoms with Crippen molar-refractivity contribution >= 4 is 17.7 Å². The molecule has 5 rings (SSSR count). The first-order valence-electron chi connectivity index (χ1n) is 13.1. The van der Waals surface area contributed by atoms with Crippen molar-refractivity contribution < 1.29 is 23.9 Å². The fourth-order valence-corrected chi connectivity index (χ4v) is 5.18. The van der Waals surface area contributed by atoms with E-state index in [-0.39, 0.29) is 30.9 Å². The highest BCUT2D eigenvalue weighted by atomic mass is 16.5. The number of methoxy groups -OCH3 is 1. The second-order valence-electron chi connectivity index (χ2n) is 9.87. The molecule has 2 aliphatic rings. The maximum atomic E-state index is 13.9. The number of pyridine rings is 1. The maximum Gasteiger partial charge on any atom is 0.256 e. The van der Waals surface area contributed by atoms with Gasteiger partial charge in [0, 0.05) is 43.3 Å². The van der Waals surface area contributed by atoms with Crippen molar-refractivity contribution in [3.63, 3.8) is 0 Å². The number of nitrogens with one attached hydrogen (secondary N) is 1. The smallest absolute Gasteiger partial charge is 0.256 e. The van der Waals surface area contributed by atoms with Gasteiger partial charge in [0.15, 0.2) is 0 Å². The molecule has 9 heteroatoms. The average Bonchev–Trinajstić information content (AvgIpc) is 3.35. The molecule has 0 bridgehead atoms. The summed E-state index contributed by atoms with van der Waals surface area (Å²) in [5.74, 6) is 0.0304. The zero-order valence-electron chi connectivity index (χ0n) is 22.1. The van der Waals surface area contributed by atoms with Crippen LogP contribution in [0.3, 0.4) is 0 Å². The Morgan fingerprint density at radius 3 is 2.28 bits per heavy atom. The summed E-state index contributed by atoms with van der Waals surface area (Å²) in [7, 11) is 1.58. The monoisotopic (exact) mass is 528 g/mol. The molecule has 1 aromatic heterocycles. The van der Waals surface area contributed by atoms with Gasteiger partial charge >= 0.3 is 0 Å². The van der Waals surface area contributed by atoms with Gasteiger partial charge in [0.1, 0.15) is 17.5 Å². The highest BCUT2D eigenvalue weighted by molar-refractivity contribution is 5.98. The van der Waals surface area contributed by atoms with E-state index in [1.54, 1.807) is 59.5 Å². The molecule has 1 N–H and O–H groups in total. The van der Waals surface area contributed by atoms with Crippen LogP contribution in [0.25, 0.3) is 0 Å². The Hall–Kier alpha value is -4.24. The van der Waals surface area contributed by atoms with Crippen molar-refractivity contribution in [3.05, 3.63) is 95.3 Å². The van der Waals surface area contributed by atoms with Gasteiger partial charge in [0.05, 0.1) is 26.0 Å². The standard InChI is InChI=1S/C30H32N4O5/c1-21-6-8-23(9-7-21)29(37)34-26(27(35)32-19-24-5-3-4-16-31-24)20-39-30(34)14-17-33(18-15-30)28(36)22-10-12-25(38-2)13-11-22/h3-13,16,26H,14-15,17-20H2,1-2H3,(H,32,35). The van der Waals surface area contributed by atoms with E-state index in [9.17, 15) is 14.4 Å². The van der Waals surface area contributed by atoms with Crippen molar-refractivity contribution in [3.8, 4) is 5.75 Å². The first-order valence-corrected chi connectivity index (χ1v) is 13.1. The molecule has 0 radical (unpaired) electrons. The van der Waals surface area contributed by atoms with E-state index in [1.807, 2.05) is 37.3 Å². The van der Waals surface area contributed by atoms with E-state index in [0.717, 1.165) is 11.3 Å². The predicted octanol–water partition coefficient (Wildman–Crippen LogP) is 3.19. The Morgan fingerprint density at radius 2 is 1.64 bits per heavy atom. The van der Waals surface area contributed by atoms with E-state index >= 15 is 0 Å². The topological polar surface area (TPSA) is 101 Å². The van der Waals surface area contributed by atoms with Crippen LogP contribution >= 0.6 is 0 Å². The number of hydrogen-bond acceptors (Lipinski definition) is 6. The third-order valence-corrected chi connectivity index (χ3v) is 7.42. The SMILES string of the molecule is COc1ccc(C(=O)N2CCC3(CC2)OCC(C(=O)NCc2ccccn2)N3C(=O)c2ccc(C)cc2)cc1. The number of benzene rings is 2. The number of aryl methyl sites for hydroxylation is 1. The molecule has 0 aliphatic carbocycles. The lowest BCUT2D eigenvalue weighted by atomic mass is 9.96. The van der Waals surface area contributed by atoms with Gasteiger partial charge < -0.3 is 19.7 Å². The van der Waals surface area contributed by atoms with Gasteiger partial charge in [-0.2, -0.15) is 0 Å². The lowest BCUT2D eigenvalue weighted by molar-refractivity contribution is -0.128. The third-order valence-electron chi connectivity index (χ3n) is 7.42. The second kappa shape index (κ2) is 11.2. The van der Waals surface area contributed by atoms with Gasteiger partial charge in [-0.15, -0.1) is 0 Å². The van der Waals surface area contributed by atoms with Crippen molar-refractivity contribution in [2.75, 3.05) is 26.8 Å². The molecule has 2 aliphatic heterocycles. The number of amides is 3. The molecule has 3 heterocycles. The van der Waals surface area contributed by atoms with Gasteiger partial charge in [-0.1, -0.05) is 23.8 Å². The number of rotatable bonds is 6. The summed E-state index contributed by atoms with van der Waals surface area (Å²) in [5, 5.41) is 2.92. The van der Waals surface area contributed by atoms with Crippen LogP contribution < -0.4 is 10.1 Å². The predicted molar refractivity (Wildman–Crippen MR) is 144 cm³/mol. The molecular weight excluding hydrogens is 496 g/mol. The lowest BCUT2D eigenvalue weighted by Gasteiger charge is -2.44. The van der Waals surface area contributed by atoms with E-state index < -0.39 is 11.8 Å². The second-order valence-corrected chi connectivity index (χ2v) is 9.87. The molecule has 1 atom stereocenters. The summed E-state index contributed by atoms with van der Waals surface area (Å²) in [4.78, 5) is 48.0. The number of aromatic nitrogens is 1. The Labute approximate surface area is 227 Å². The minimum absolute atomic E-state index is 0.0814. The molecule has 39 heavy (non-hydrogen) atoms. The van der Waals surface area contributed by atoms with Gasteiger partial charge in [0.2, 0.25) is 5.91 Å². The van der Waals surface area contributed by atoms with Crippen molar-refractivity contribution in [2.24, 2.45) is 0 Å². The summed E-state index contributed by atoms with van der Waals surface area (Å²) in [6, 6.07) is 19.0. The molecule has 1 unspecified atom stereocenters. The minimum atomic E-state index is -0.980. The van der Waals surface area contributed by atoms with Crippen molar-refractivity contribution in [1.82, 2.24) is 20.1 Å². The number of carbonyl (C=O) groups is 3. The quantitative estimate of drug-likeness (QED) is 0.528. The first-order chi connectivity index (χ1) is 18.9. The summed E-state index contributed by atoms with van der Waals surface area (Å²) in [6.45, 7) is 3.08. The number of nitrogens with zero attached hydrogens (tertiary/aromatic N) is 3. The Morgan fingerprint density at radius 1 is 0.974 bits per heavy atom. The molecular formula is C30H32N4O5. The average molecular weight is 529 g/mol. The van der Waals surface area contributed by atoms with Crippen LogP contribution in [0.4, 0.5) is 0 Å². The van der Waals surface area contributed by atoms with Crippen LogP contribution in [0, 0.1) is 6.92 Å². The van der Waals surface area contributed by atoms with Gasteiger partial charge in [-0.05, 0) is 55.5 Å². The zero-order valence-corrected chi connectivity index (χ0v) is 22.1. The molecule has 2 aromatic carbocycles. The zero-order chi connectivity index (χ0) is 27.4. The highest BCUT2D eigenvalue weighted by Crippen LogP contribution is 2.39. The fourth-order valence-electron chi connectivity index (χ4n) is 5.18. The van der Waals surface area contributed by atoms with Crippen LogP contribution in [-0.4, -0.2) is 71.1 Å². The number of hydrogen-bond donors (Lipinski definition) is 1. The molecule has 2 saturated heterocycles. The number of ether oxygens (including phenoxy) is 2. The van der Waals surface area contributed by atoms with Crippen LogP contribution in [0.2, 0.25) is 0 Å². The molecule has 2 fully saturated rings. The van der Waals surface area contributed by atoms with Crippen LogP contribution in [0.5, 0.6) is 5.75 Å². The van der Waals surface area contributed by atoms with E-state index in [2.05, 4.69) is 10.3 Å². The summed E-state index contributed by atoms with van der Waals surface area (Å²) in [5.41, 5.74) is 1.84. The Bertz CT molecular complexity index is 1320. The van der Waals surface area contributed by atoms with E-state index in [0.29, 0.717) is 42.8 Å². The van der Waals surface area contributed by atoms with Crippen LogP contribution in [0.1, 0.15) is 44.8 Å². The minimum Gasteiger partial charge on any atom is -0.497 e. The maximum absolute atomic E-state index is 13.9. The van der Waals surface area contributed by atoms with E-state index in [4.69, 9.17) is 9.47 Å². The van der Waals surface area contributed by atoms with Gasteiger partial charge in [0.25, 0.3) is 11.8 Å². The lowest BCUT2D eigenvalue weighted by Crippen LogP contribution is -2.59. The molecule has 202 valence electrons. The molecule has 1 spiro atoms. The summed E-state index contributed by atoms with van der Waals surface area (Å²) in [6.07, 6.45) is 2.47. The van der Waals surface area contributed by atoms with Gasteiger partial charge in [-0.25, -0.2) is 0 Å². The van der Waals surface area contributed by atoms with Gasteiger partial charge in [-0.3, -0.25) is 24.3 Å². The molecule has 3 amide bonds. The largest absolute Gasteiger partial charge is 0.497 e. The number of likely N-dealkylation sites (tertiary alicyclic amines) is 1. The van der Waals surface area contributed by atoms with E-state index in [1.165, 1.54) is 0 Å². The van der Waals surface area contributed by atoms with Crippen LogP contribution in [-0.2, 0) is 16.1 Å². The summed E-state index contributed by atoms with van der Waals surface area (Å²) < 4.78 is 11.5. The normalized spacial score (nSPS) is 18.2. The number of piperidine rings is 1. The number of carbonyl (C=O) groups excluding carboxylic acids is 3. The molecule has 9 nitrogen and oxygen atoms in total. The highest BCUT2D eigenvalue weighted by Gasteiger charge is 2.54. The summed E-state index contributed by atoms with van der Waals surface area (Å²) >= 11 is 0.